The van der Waals surface area contributed by atoms with Crippen molar-refractivity contribution in [3.05, 3.63) is 12.1 Å². The zero-order valence-electron chi connectivity index (χ0n) is 11.9. The lowest BCUT2D eigenvalue weighted by molar-refractivity contribution is -0.118. The van der Waals surface area contributed by atoms with Crippen LogP contribution in [0.3, 0.4) is 0 Å². The minimum absolute atomic E-state index is 0.0120. The molecule has 2 rings (SSSR count). The summed E-state index contributed by atoms with van der Waals surface area (Å²) in [6.07, 6.45) is 0.989. The molecule has 0 fully saturated rings. The fourth-order valence-corrected chi connectivity index (χ4v) is 1.98. The second-order valence-electron chi connectivity index (χ2n) is 5.47. The fourth-order valence-electron chi connectivity index (χ4n) is 1.98. The molecule has 0 bridgehead atoms. The molecule has 0 unspecified atom stereocenters. The van der Waals surface area contributed by atoms with Gasteiger partial charge in [0.15, 0.2) is 6.61 Å². The minimum atomic E-state index is -0.138. The first-order valence-corrected chi connectivity index (χ1v) is 6.45. The van der Waals surface area contributed by atoms with Gasteiger partial charge in [-0.1, -0.05) is 6.92 Å². The Bertz CT molecular complexity index is 512. The van der Waals surface area contributed by atoms with Crippen molar-refractivity contribution in [3.8, 4) is 5.75 Å². The zero-order chi connectivity index (χ0) is 14.2. The number of amides is 1. The highest BCUT2D eigenvalue weighted by atomic mass is 16.5. The van der Waals surface area contributed by atoms with Crippen LogP contribution in [0.4, 0.5) is 17.1 Å². The highest BCUT2D eigenvalue weighted by Crippen LogP contribution is 2.38. The van der Waals surface area contributed by atoms with E-state index in [-0.39, 0.29) is 18.1 Å². The van der Waals surface area contributed by atoms with E-state index in [1.807, 2.05) is 13.1 Å². The number of nitrogens with two attached hydrogens (primary N) is 1. The summed E-state index contributed by atoms with van der Waals surface area (Å²) in [6.45, 7) is 6.49. The van der Waals surface area contributed by atoms with Crippen molar-refractivity contribution in [2.24, 2.45) is 0 Å². The number of hydrogen-bond acceptors (Lipinski definition) is 4. The standard InChI is InChI=1S/C14H21N3O2/c1-5-14(2,3)17(4)11-7-10-12(6-9(11)15)19-8-13(18)16-10/h6-7H,5,8,15H2,1-4H3,(H,16,18). The normalized spacial score (nSPS) is 14.4. The SMILES string of the molecule is CCC(C)(C)N(C)c1cc2c(cc1N)OCC(=O)N2. The van der Waals surface area contributed by atoms with Crippen molar-refractivity contribution in [1.29, 1.82) is 0 Å². The van der Waals surface area contributed by atoms with E-state index in [1.54, 1.807) is 6.07 Å². The van der Waals surface area contributed by atoms with Crippen molar-refractivity contribution in [1.82, 2.24) is 0 Å². The van der Waals surface area contributed by atoms with E-state index in [4.69, 9.17) is 10.5 Å². The molecule has 1 amide bonds. The van der Waals surface area contributed by atoms with Gasteiger partial charge in [0.25, 0.3) is 5.91 Å². The van der Waals surface area contributed by atoms with E-state index >= 15 is 0 Å². The first kappa shape index (κ1) is 13.5. The topological polar surface area (TPSA) is 67.6 Å². The second-order valence-corrected chi connectivity index (χ2v) is 5.47. The van der Waals surface area contributed by atoms with Crippen molar-refractivity contribution in [3.63, 3.8) is 0 Å². The molecule has 3 N–H and O–H groups in total. The van der Waals surface area contributed by atoms with Gasteiger partial charge in [0, 0.05) is 18.7 Å². The van der Waals surface area contributed by atoms with Crippen molar-refractivity contribution in [2.45, 2.75) is 32.7 Å². The van der Waals surface area contributed by atoms with E-state index in [1.165, 1.54) is 0 Å². The number of benzene rings is 1. The van der Waals surface area contributed by atoms with E-state index in [0.717, 1.165) is 12.1 Å². The quantitative estimate of drug-likeness (QED) is 0.821. The van der Waals surface area contributed by atoms with Crippen LogP contribution in [0.25, 0.3) is 0 Å². The summed E-state index contributed by atoms with van der Waals surface area (Å²) in [6, 6.07) is 3.64. The lowest BCUT2D eigenvalue weighted by atomic mass is 9.98. The molecule has 0 atom stereocenters. The van der Waals surface area contributed by atoms with Crippen molar-refractivity contribution < 1.29 is 9.53 Å². The Labute approximate surface area is 113 Å². The summed E-state index contributed by atoms with van der Waals surface area (Å²) < 4.78 is 5.35. The Balaban J connectivity index is 2.42. The molecule has 1 aliphatic rings. The van der Waals surface area contributed by atoms with Crippen molar-refractivity contribution in [2.75, 3.05) is 29.6 Å². The average molecular weight is 263 g/mol. The summed E-state index contributed by atoms with van der Waals surface area (Å²) in [5.74, 6) is 0.490. The van der Waals surface area contributed by atoms with E-state index in [2.05, 4.69) is 31.0 Å². The summed E-state index contributed by atoms with van der Waals surface area (Å²) in [5, 5.41) is 2.81. The molecule has 0 radical (unpaired) electrons. The van der Waals surface area contributed by atoms with Gasteiger partial charge in [-0.05, 0) is 26.3 Å². The number of fused-ring (bicyclic) bond motifs is 1. The molecule has 1 aromatic rings. The molecule has 1 heterocycles. The summed E-state index contributed by atoms with van der Waals surface area (Å²) in [5.41, 5.74) is 8.32. The Kier molecular flexibility index (Phi) is 3.30. The van der Waals surface area contributed by atoms with Gasteiger partial charge in [-0.3, -0.25) is 4.79 Å². The van der Waals surface area contributed by atoms with Gasteiger partial charge in [0.05, 0.1) is 17.1 Å². The third-order valence-corrected chi connectivity index (χ3v) is 3.90. The maximum absolute atomic E-state index is 11.4. The molecule has 0 aliphatic carbocycles. The zero-order valence-corrected chi connectivity index (χ0v) is 11.9. The number of ether oxygens (including phenoxy) is 1. The summed E-state index contributed by atoms with van der Waals surface area (Å²) in [7, 11) is 2.01. The van der Waals surface area contributed by atoms with Gasteiger partial charge < -0.3 is 20.7 Å². The summed E-state index contributed by atoms with van der Waals surface area (Å²) in [4.78, 5) is 13.5. The number of rotatable bonds is 3. The Hall–Kier alpha value is -1.91. The number of nitrogen functional groups attached to an aromatic ring is 1. The molecular weight excluding hydrogens is 242 g/mol. The molecule has 0 saturated carbocycles. The molecule has 0 aromatic heterocycles. The van der Waals surface area contributed by atoms with Crippen LogP contribution in [0.15, 0.2) is 12.1 Å². The van der Waals surface area contributed by atoms with Gasteiger partial charge >= 0.3 is 0 Å². The summed E-state index contributed by atoms with van der Waals surface area (Å²) >= 11 is 0. The van der Waals surface area contributed by atoms with Crippen LogP contribution in [-0.4, -0.2) is 25.1 Å². The second kappa shape index (κ2) is 4.64. The van der Waals surface area contributed by atoms with Crippen LogP contribution < -0.4 is 20.7 Å². The highest BCUT2D eigenvalue weighted by molar-refractivity contribution is 5.97. The molecular formula is C14H21N3O2. The van der Waals surface area contributed by atoms with Gasteiger partial charge in [-0.15, -0.1) is 0 Å². The van der Waals surface area contributed by atoms with Crippen LogP contribution in [0.5, 0.6) is 5.75 Å². The number of nitrogens with zero attached hydrogens (tertiary/aromatic N) is 1. The first-order chi connectivity index (χ1) is 8.85. The maximum Gasteiger partial charge on any atom is 0.262 e. The van der Waals surface area contributed by atoms with Crippen LogP contribution >= 0.6 is 0 Å². The molecule has 5 nitrogen and oxygen atoms in total. The number of hydrogen-bond donors (Lipinski definition) is 2. The lowest BCUT2D eigenvalue weighted by Crippen LogP contribution is -2.41. The molecule has 0 spiro atoms. The van der Waals surface area contributed by atoms with E-state index < -0.39 is 0 Å². The number of carbonyl (C=O) groups is 1. The first-order valence-electron chi connectivity index (χ1n) is 6.45. The molecule has 0 saturated heterocycles. The third kappa shape index (κ3) is 2.45. The average Bonchev–Trinajstić information content (AvgIpc) is 2.37. The number of carbonyl (C=O) groups excluding carboxylic acids is 1. The van der Waals surface area contributed by atoms with Gasteiger partial charge in [0.1, 0.15) is 5.75 Å². The van der Waals surface area contributed by atoms with Crippen LogP contribution in [-0.2, 0) is 4.79 Å². The van der Waals surface area contributed by atoms with Gasteiger partial charge in [-0.25, -0.2) is 0 Å². The maximum atomic E-state index is 11.4. The predicted octanol–water partition coefficient (Wildman–Crippen LogP) is 2.22. The largest absolute Gasteiger partial charge is 0.482 e. The highest BCUT2D eigenvalue weighted by Gasteiger charge is 2.25. The Morgan fingerprint density at radius 1 is 1.47 bits per heavy atom. The molecule has 19 heavy (non-hydrogen) atoms. The lowest BCUT2D eigenvalue weighted by Gasteiger charge is -2.38. The Morgan fingerprint density at radius 2 is 2.16 bits per heavy atom. The van der Waals surface area contributed by atoms with Gasteiger partial charge in [0.2, 0.25) is 0 Å². The molecule has 1 aromatic carbocycles. The third-order valence-electron chi connectivity index (χ3n) is 3.90. The van der Waals surface area contributed by atoms with E-state index in [9.17, 15) is 4.79 Å². The monoisotopic (exact) mass is 263 g/mol. The van der Waals surface area contributed by atoms with Gasteiger partial charge in [-0.2, -0.15) is 0 Å². The molecule has 104 valence electrons. The Morgan fingerprint density at radius 3 is 2.79 bits per heavy atom. The van der Waals surface area contributed by atoms with Crippen LogP contribution in [0.2, 0.25) is 0 Å². The molecule has 1 aliphatic heterocycles. The van der Waals surface area contributed by atoms with Crippen molar-refractivity contribution >= 4 is 23.0 Å². The fraction of sp³-hybridized carbons (Fsp3) is 0.500. The van der Waals surface area contributed by atoms with Crippen LogP contribution in [0.1, 0.15) is 27.2 Å². The molecule has 5 heteroatoms. The van der Waals surface area contributed by atoms with Crippen LogP contribution in [0, 0.1) is 0 Å². The van der Waals surface area contributed by atoms with E-state index in [0.29, 0.717) is 17.1 Å². The smallest absolute Gasteiger partial charge is 0.262 e. The number of anilines is 3. The number of nitrogens with one attached hydrogen (secondary N) is 1. The minimum Gasteiger partial charge on any atom is -0.482 e. The predicted molar refractivity (Wildman–Crippen MR) is 77.8 cm³/mol.